The molecular formula is C22H23BrN2O3. The minimum Gasteiger partial charge on any atom is -0.497 e. The molecule has 0 spiro atoms. The second-order valence-electron chi connectivity index (χ2n) is 6.70. The monoisotopic (exact) mass is 442 g/mol. The quantitative estimate of drug-likeness (QED) is 0.534. The van der Waals surface area contributed by atoms with Gasteiger partial charge in [0.2, 0.25) is 5.91 Å². The van der Waals surface area contributed by atoms with E-state index in [1.54, 1.807) is 7.11 Å². The summed E-state index contributed by atoms with van der Waals surface area (Å²) in [7, 11) is 1.66. The molecule has 1 heterocycles. The number of hydrogen-bond donors (Lipinski definition) is 1. The van der Waals surface area contributed by atoms with Gasteiger partial charge in [0.05, 0.1) is 18.1 Å². The summed E-state index contributed by atoms with van der Waals surface area (Å²) in [6.45, 7) is 2.63. The highest BCUT2D eigenvalue weighted by Gasteiger charge is 2.15. The molecule has 0 aliphatic rings. The molecule has 0 saturated carbocycles. The summed E-state index contributed by atoms with van der Waals surface area (Å²) in [5.41, 5.74) is 3.45. The van der Waals surface area contributed by atoms with Crippen LogP contribution in [0, 0.1) is 0 Å². The van der Waals surface area contributed by atoms with E-state index in [2.05, 4.69) is 50.1 Å². The Labute approximate surface area is 172 Å². The molecule has 0 radical (unpaired) electrons. The maximum Gasteiger partial charge on any atom is 0.227 e. The van der Waals surface area contributed by atoms with Crippen molar-refractivity contribution in [1.29, 1.82) is 0 Å². The van der Waals surface area contributed by atoms with Gasteiger partial charge in [0.1, 0.15) is 11.5 Å². The third-order valence-electron chi connectivity index (χ3n) is 4.61. The first kappa shape index (κ1) is 20.1. The normalized spacial score (nSPS) is 10.8. The molecule has 2 aromatic carbocycles. The molecule has 1 N–H and O–H groups in total. The van der Waals surface area contributed by atoms with Crippen molar-refractivity contribution in [2.24, 2.45) is 0 Å². The van der Waals surface area contributed by atoms with Gasteiger partial charge < -0.3 is 14.6 Å². The molecule has 0 saturated heterocycles. The lowest BCUT2D eigenvalue weighted by Gasteiger charge is -2.09. The summed E-state index contributed by atoms with van der Waals surface area (Å²) in [5.74, 6) is 0.475. The number of fused-ring (bicyclic) bond motifs is 1. The third kappa shape index (κ3) is 4.62. The van der Waals surface area contributed by atoms with Crippen molar-refractivity contribution in [2.45, 2.75) is 26.3 Å². The Morgan fingerprint density at radius 1 is 1.11 bits per heavy atom. The van der Waals surface area contributed by atoms with E-state index in [-0.39, 0.29) is 18.1 Å². The molecule has 6 heteroatoms. The van der Waals surface area contributed by atoms with Crippen LogP contribution in [0.5, 0.6) is 5.75 Å². The van der Waals surface area contributed by atoms with Gasteiger partial charge in [-0.25, -0.2) is 0 Å². The largest absolute Gasteiger partial charge is 0.497 e. The van der Waals surface area contributed by atoms with E-state index in [0.29, 0.717) is 13.0 Å². The third-order valence-corrected chi connectivity index (χ3v) is 5.52. The molecule has 1 aromatic heterocycles. The van der Waals surface area contributed by atoms with Crippen LogP contribution in [-0.4, -0.2) is 29.9 Å². The Hall–Kier alpha value is -2.60. The van der Waals surface area contributed by atoms with Crippen LogP contribution in [0.1, 0.15) is 24.5 Å². The number of hydrogen-bond acceptors (Lipinski definition) is 3. The number of carbonyl (C=O) groups is 2. The van der Waals surface area contributed by atoms with Gasteiger partial charge >= 0.3 is 0 Å². The van der Waals surface area contributed by atoms with E-state index in [1.807, 2.05) is 24.3 Å². The van der Waals surface area contributed by atoms with Crippen LogP contribution in [0.4, 0.5) is 0 Å². The smallest absolute Gasteiger partial charge is 0.227 e. The number of benzene rings is 2. The first-order chi connectivity index (χ1) is 13.5. The second-order valence-corrected chi connectivity index (χ2v) is 7.45. The van der Waals surface area contributed by atoms with Crippen LogP contribution < -0.4 is 10.1 Å². The Morgan fingerprint density at radius 2 is 1.82 bits per heavy atom. The van der Waals surface area contributed by atoms with E-state index >= 15 is 0 Å². The Bertz CT molecular complexity index is 993. The highest BCUT2D eigenvalue weighted by molar-refractivity contribution is 9.10. The van der Waals surface area contributed by atoms with E-state index in [0.717, 1.165) is 33.4 Å². The van der Waals surface area contributed by atoms with E-state index in [9.17, 15) is 9.59 Å². The highest BCUT2D eigenvalue weighted by Crippen LogP contribution is 2.31. The molecule has 3 aromatic rings. The fraction of sp³-hybridized carbons (Fsp3) is 0.273. The van der Waals surface area contributed by atoms with Crippen LogP contribution in [-0.2, 0) is 22.6 Å². The summed E-state index contributed by atoms with van der Waals surface area (Å²) >= 11 is 3.76. The van der Waals surface area contributed by atoms with Crippen LogP contribution >= 0.6 is 15.9 Å². The summed E-state index contributed by atoms with van der Waals surface area (Å²) < 4.78 is 8.46. The van der Waals surface area contributed by atoms with Crippen LogP contribution in [0.3, 0.4) is 0 Å². The van der Waals surface area contributed by atoms with Gasteiger partial charge in [-0.2, -0.15) is 0 Å². The maximum absolute atomic E-state index is 11.7. The van der Waals surface area contributed by atoms with Crippen LogP contribution in [0.2, 0.25) is 0 Å². The number of rotatable bonds is 8. The maximum atomic E-state index is 11.7. The van der Waals surface area contributed by atoms with Crippen molar-refractivity contribution in [3.63, 3.8) is 0 Å². The van der Waals surface area contributed by atoms with Crippen LogP contribution in [0.15, 0.2) is 53.1 Å². The second kappa shape index (κ2) is 9.06. The minimum absolute atomic E-state index is 0.0690. The number of aromatic nitrogens is 1. The zero-order chi connectivity index (χ0) is 20.1. The number of ether oxygens (including phenoxy) is 1. The lowest BCUT2D eigenvalue weighted by Crippen LogP contribution is -2.27. The fourth-order valence-electron chi connectivity index (χ4n) is 3.27. The number of nitrogens with zero attached hydrogens (tertiary/aromatic N) is 1. The topological polar surface area (TPSA) is 60.3 Å². The molecular weight excluding hydrogens is 420 g/mol. The molecule has 1 amide bonds. The first-order valence-electron chi connectivity index (χ1n) is 9.14. The van der Waals surface area contributed by atoms with Crippen LogP contribution in [0.25, 0.3) is 10.9 Å². The molecule has 146 valence electrons. The number of para-hydroxylation sites is 1. The van der Waals surface area contributed by atoms with Crippen molar-refractivity contribution in [3.05, 3.63) is 64.3 Å². The number of methoxy groups -OCH3 is 1. The predicted octanol–water partition coefficient (Wildman–Crippen LogP) is 4.10. The van der Waals surface area contributed by atoms with Gasteiger partial charge in [0.25, 0.3) is 0 Å². The van der Waals surface area contributed by atoms with E-state index in [1.165, 1.54) is 12.5 Å². The van der Waals surface area contributed by atoms with Crippen molar-refractivity contribution < 1.29 is 14.3 Å². The van der Waals surface area contributed by atoms with Gasteiger partial charge in [-0.1, -0.05) is 30.3 Å². The molecule has 3 rings (SSSR count). The van der Waals surface area contributed by atoms with Crippen molar-refractivity contribution in [2.75, 3.05) is 13.7 Å². The predicted molar refractivity (Wildman–Crippen MR) is 114 cm³/mol. The molecule has 0 aliphatic carbocycles. The lowest BCUT2D eigenvalue weighted by atomic mass is 10.1. The average molecular weight is 443 g/mol. The van der Waals surface area contributed by atoms with E-state index < -0.39 is 0 Å². The molecule has 0 unspecified atom stereocenters. The Balaban J connectivity index is 1.82. The molecule has 0 atom stereocenters. The number of amides is 1. The number of carbonyl (C=O) groups excluding carboxylic acids is 2. The molecule has 0 bridgehead atoms. The van der Waals surface area contributed by atoms with Gasteiger partial charge in [-0.3, -0.25) is 9.59 Å². The Morgan fingerprint density at radius 3 is 2.50 bits per heavy atom. The van der Waals surface area contributed by atoms with Gasteiger partial charge in [0.15, 0.2) is 0 Å². The molecule has 0 aliphatic heterocycles. The Kier molecular flexibility index (Phi) is 6.52. The summed E-state index contributed by atoms with van der Waals surface area (Å²) in [6, 6.07) is 16.3. The SMILES string of the molecule is COc1ccc(Cn2c(Br)c(CCNC(=O)CC(C)=O)c3ccccc32)cc1. The standard InChI is InChI=1S/C22H23BrN2O3/c1-15(26)13-21(27)24-12-11-19-18-5-3-4-6-20(18)25(22(19)23)14-16-7-9-17(28-2)10-8-16/h3-10H,11-14H2,1-2H3,(H,24,27). The fourth-order valence-corrected chi connectivity index (χ4v) is 3.99. The van der Waals surface area contributed by atoms with Crippen molar-refractivity contribution in [1.82, 2.24) is 9.88 Å². The average Bonchev–Trinajstić information content (AvgIpc) is 2.94. The highest BCUT2D eigenvalue weighted by atomic mass is 79.9. The number of ketones is 1. The molecule has 0 fully saturated rings. The summed E-state index contributed by atoms with van der Waals surface area (Å²) in [6.07, 6.45) is 0.612. The number of nitrogens with one attached hydrogen (secondary N) is 1. The van der Waals surface area contributed by atoms with Gasteiger partial charge in [-0.05, 0) is 58.6 Å². The zero-order valence-electron chi connectivity index (χ0n) is 16.0. The number of Topliss-reactive ketones (excluding diaryl/α,β-unsaturated/α-hetero) is 1. The zero-order valence-corrected chi connectivity index (χ0v) is 17.6. The lowest BCUT2D eigenvalue weighted by molar-refractivity contribution is -0.127. The van der Waals surface area contributed by atoms with Crippen molar-refractivity contribution >= 4 is 38.5 Å². The van der Waals surface area contributed by atoms with Gasteiger partial charge in [-0.15, -0.1) is 0 Å². The molecule has 5 nitrogen and oxygen atoms in total. The summed E-state index contributed by atoms with van der Waals surface area (Å²) in [4.78, 5) is 22.8. The van der Waals surface area contributed by atoms with Gasteiger partial charge in [0, 0.05) is 24.0 Å². The first-order valence-corrected chi connectivity index (χ1v) is 9.93. The molecule has 28 heavy (non-hydrogen) atoms. The summed E-state index contributed by atoms with van der Waals surface area (Å²) in [5, 5.41) is 3.98. The van der Waals surface area contributed by atoms with E-state index in [4.69, 9.17) is 4.74 Å². The number of halogens is 1. The van der Waals surface area contributed by atoms with Crippen molar-refractivity contribution in [3.8, 4) is 5.75 Å². The minimum atomic E-state index is -0.231.